The lowest BCUT2D eigenvalue weighted by molar-refractivity contribution is 0.102. The summed E-state index contributed by atoms with van der Waals surface area (Å²) in [4.78, 5) is 14.8. The van der Waals surface area contributed by atoms with Crippen LogP contribution in [0.3, 0.4) is 0 Å². The van der Waals surface area contributed by atoms with Crippen LogP contribution in [0.1, 0.15) is 20.8 Å². The van der Waals surface area contributed by atoms with Gasteiger partial charge in [0.05, 0.1) is 0 Å². The molecule has 4 rings (SSSR count). The number of thiophene rings is 1. The molecule has 0 radical (unpaired) electrons. The third-order valence-corrected chi connectivity index (χ3v) is 8.56. The minimum atomic E-state index is -3.90. The van der Waals surface area contributed by atoms with Crippen molar-refractivity contribution in [2.24, 2.45) is 0 Å². The number of nitrogens with one attached hydrogen (secondary N) is 1. The number of halogens is 2. The van der Waals surface area contributed by atoms with E-state index in [2.05, 4.69) is 22.3 Å². The van der Waals surface area contributed by atoms with Gasteiger partial charge in [-0.3, -0.25) is 4.79 Å². The van der Waals surface area contributed by atoms with Gasteiger partial charge in [-0.1, -0.05) is 12.1 Å². The first-order valence-electron chi connectivity index (χ1n) is 10.3. The van der Waals surface area contributed by atoms with E-state index < -0.39 is 27.6 Å². The first-order chi connectivity index (χ1) is 15.7. The molecule has 1 amide bonds. The molecule has 1 fully saturated rings. The molecule has 174 valence electrons. The number of carbonyl (C=O) groups is 1. The molecule has 6 nitrogen and oxygen atoms in total. The van der Waals surface area contributed by atoms with E-state index in [1.807, 2.05) is 19.9 Å². The fourth-order valence-corrected chi connectivity index (χ4v) is 6.51. The maximum absolute atomic E-state index is 13.5. The summed E-state index contributed by atoms with van der Waals surface area (Å²) in [5.74, 6) is -2.83. The summed E-state index contributed by atoms with van der Waals surface area (Å²) in [5, 5.41) is 3.97. The molecule has 0 spiro atoms. The van der Waals surface area contributed by atoms with Crippen LogP contribution in [0.5, 0.6) is 0 Å². The zero-order valence-electron chi connectivity index (χ0n) is 18.1. The van der Waals surface area contributed by atoms with Crippen molar-refractivity contribution in [2.75, 3.05) is 36.4 Å². The van der Waals surface area contributed by atoms with E-state index in [0.717, 1.165) is 40.3 Å². The van der Waals surface area contributed by atoms with Crippen molar-refractivity contribution in [3.63, 3.8) is 0 Å². The molecule has 0 aliphatic carbocycles. The number of sulfonamides is 1. The van der Waals surface area contributed by atoms with Crippen LogP contribution in [-0.4, -0.2) is 44.8 Å². The number of piperazine rings is 1. The maximum atomic E-state index is 13.5. The van der Waals surface area contributed by atoms with Gasteiger partial charge in [0.25, 0.3) is 5.91 Å². The molecule has 33 heavy (non-hydrogen) atoms. The molecule has 3 aromatic rings. The van der Waals surface area contributed by atoms with Gasteiger partial charge in [0.1, 0.15) is 9.77 Å². The predicted molar refractivity (Wildman–Crippen MR) is 126 cm³/mol. The van der Waals surface area contributed by atoms with Crippen molar-refractivity contribution in [1.82, 2.24) is 4.31 Å². The quantitative estimate of drug-likeness (QED) is 0.574. The maximum Gasteiger partial charge on any atom is 0.267 e. The van der Waals surface area contributed by atoms with E-state index in [0.29, 0.717) is 13.1 Å². The highest BCUT2D eigenvalue weighted by Crippen LogP contribution is 2.29. The summed E-state index contributed by atoms with van der Waals surface area (Å²) in [6.07, 6.45) is 0. The average Bonchev–Trinajstić information content (AvgIpc) is 3.29. The molecule has 2 aromatic carbocycles. The molecule has 0 unspecified atom stereocenters. The summed E-state index contributed by atoms with van der Waals surface area (Å²) in [6.45, 7) is 5.69. The van der Waals surface area contributed by atoms with Crippen LogP contribution in [0.25, 0.3) is 0 Å². The Hall–Kier alpha value is -2.82. The predicted octanol–water partition coefficient (Wildman–Crippen LogP) is 4.41. The zero-order chi connectivity index (χ0) is 23.8. The highest BCUT2D eigenvalue weighted by atomic mass is 32.2. The van der Waals surface area contributed by atoms with Gasteiger partial charge in [0, 0.05) is 43.6 Å². The Morgan fingerprint density at radius 3 is 2.39 bits per heavy atom. The molecular formula is C23H23F2N3O3S2. The van der Waals surface area contributed by atoms with Gasteiger partial charge in [-0.05, 0) is 54.6 Å². The Morgan fingerprint density at radius 2 is 1.70 bits per heavy atom. The third kappa shape index (κ3) is 4.78. The lowest BCUT2D eigenvalue weighted by Gasteiger charge is -2.36. The number of hydrogen-bond donors (Lipinski definition) is 1. The van der Waals surface area contributed by atoms with Crippen molar-refractivity contribution in [3.05, 3.63) is 75.5 Å². The second-order valence-corrected chi connectivity index (χ2v) is 10.7. The molecule has 1 aliphatic rings. The van der Waals surface area contributed by atoms with Crippen LogP contribution in [-0.2, 0) is 10.0 Å². The van der Waals surface area contributed by atoms with Gasteiger partial charge >= 0.3 is 0 Å². The summed E-state index contributed by atoms with van der Waals surface area (Å²) < 4.78 is 54.6. The van der Waals surface area contributed by atoms with E-state index >= 15 is 0 Å². The minimum Gasteiger partial charge on any atom is -0.369 e. The molecule has 0 bridgehead atoms. The molecule has 0 saturated carbocycles. The number of amides is 1. The Morgan fingerprint density at radius 1 is 0.970 bits per heavy atom. The smallest absolute Gasteiger partial charge is 0.267 e. The van der Waals surface area contributed by atoms with Crippen LogP contribution in [0.15, 0.2) is 52.7 Å². The Kier molecular flexibility index (Phi) is 6.51. The topological polar surface area (TPSA) is 69.7 Å². The number of aryl methyl sites for hydroxylation is 2. The Balaban J connectivity index is 1.50. The summed E-state index contributed by atoms with van der Waals surface area (Å²) >= 11 is 0.980. The van der Waals surface area contributed by atoms with E-state index in [1.165, 1.54) is 21.8 Å². The Bertz CT molecular complexity index is 1300. The van der Waals surface area contributed by atoms with Crippen molar-refractivity contribution >= 4 is 38.6 Å². The number of rotatable bonds is 5. The van der Waals surface area contributed by atoms with Gasteiger partial charge in [-0.15, -0.1) is 11.3 Å². The van der Waals surface area contributed by atoms with E-state index in [-0.39, 0.29) is 28.5 Å². The first-order valence-corrected chi connectivity index (χ1v) is 12.6. The molecule has 1 aromatic heterocycles. The standard InChI is InChI=1S/C23H23F2N3O3S2/c1-15-3-4-16(2)20(13-15)27-8-10-28(11-9-27)33(30,31)21-7-12-32-22(21)23(29)26-17-5-6-18(24)19(25)14-17/h3-7,12-14H,8-11H2,1-2H3,(H,26,29). The lowest BCUT2D eigenvalue weighted by atomic mass is 10.1. The molecule has 1 N–H and O–H groups in total. The number of hydrogen-bond acceptors (Lipinski definition) is 5. The number of anilines is 2. The summed E-state index contributed by atoms with van der Waals surface area (Å²) in [6, 6.07) is 10.6. The zero-order valence-corrected chi connectivity index (χ0v) is 19.8. The fraction of sp³-hybridized carbons (Fsp3) is 0.261. The van der Waals surface area contributed by atoms with Crippen molar-refractivity contribution in [3.8, 4) is 0 Å². The molecule has 1 aliphatic heterocycles. The summed E-state index contributed by atoms with van der Waals surface area (Å²) in [5.41, 5.74) is 3.40. The van der Waals surface area contributed by atoms with Gasteiger partial charge in [0.15, 0.2) is 11.6 Å². The number of nitrogens with zero attached hydrogens (tertiary/aromatic N) is 2. The SMILES string of the molecule is Cc1ccc(C)c(N2CCN(S(=O)(=O)c3ccsc3C(=O)Nc3ccc(F)c(F)c3)CC2)c1. The highest BCUT2D eigenvalue weighted by Gasteiger charge is 2.33. The molecule has 1 saturated heterocycles. The highest BCUT2D eigenvalue weighted by molar-refractivity contribution is 7.89. The summed E-state index contributed by atoms with van der Waals surface area (Å²) in [7, 11) is -3.90. The third-order valence-electron chi connectivity index (χ3n) is 5.57. The van der Waals surface area contributed by atoms with Crippen molar-refractivity contribution < 1.29 is 22.0 Å². The molecule has 0 atom stereocenters. The van der Waals surface area contributed by atoms with Crippen LogP contribution >= 0.6 is 11.3 Å². The molecule has 10 heteroatoms. The molecule has 2 heterocycles. The van der Waals surface area contributed by atoms with Crippen LogP contribution < -0.4 is 10.2 Å². The van der Waals surface area contributed by atoms with E-state index in [1.54, 1.807) is 0 Å². The number of benzene rings is 2. The van der Waals surface area contributed by atoms with Crippen molar-refractivity contribution in [2.45, 2.75) is 18.7 Å². The Labute approximate surface area is 195 Å². The van der Waals surface area contributed by atoms with E-state index in [9.17, 15) is 22.0 Å². The van der Waals surface area contributed by atoms with Crippen molar-refractivity contribution in [1.29, 1.82) is 0 Å². The van der Waals surface area contributed by atoms with Gasteiger partial charge in [-0.25, -0.2) is 17.2 Å². The van der Waals surface area contributed by atoms with Gasteiger partial charge in [-0.2, -0.15) is 4.31 Å². The monoisotopic (exact) mass is 491 g/mol. The largest absolute Gasteiger partial charge is 0.369 e. The van der Waals surface area contributed by atoms with Gasteiger partial charge in [0.2, 0.25) is 10.0 Å². The second-order valence-electron chi connectivity index (χ2n) is 7.88. The van der Waals surface area contributed by atoms with Crippen LogP contribution in [0, 0.1) is 25.5 Å². The van der Waals surface area contributed by atoms with Crippen LogP contribution in [0.4, 0.5) is 20.2 Å². The number of carbonyl (C=O) groups excluding carboxylic acids is 1. The minimum absolute atomic E-state index is 0.00306. The average molecular weight is 492 g/mol. The second kappa shape index (κ2) is 9.20. The first kappa shape index (κ1) is 23.3. The normalized spacial score (nSPS) is 15.0. The molecular weight excluding hydrogens is 468 g/mol. The van der Waals surface area contributed by atoms with E-state index in [4.69, 9.17) is 0 Å². The fourth-order valence-electron chi connectivity index (χ4n) is 3.80. The lowest BCUT2D eigenvalue weighted by Crippen LogP contribution is -2.49. The van der Waals surface area contributed by atoms with Gasteiger partial charge < -0.3 is 10.2 Å². The van der Waals surface area contributed by atoms with Crippen LogP contribution in [0.2, 0.25) is 0 Å².